The molecule has 0 aliphatic heterocycles. The van der Waals surface area contributed by atoms with E-state index in [1.54, 1.807) is 6.07 Å². The van der Waals surface area contributed by atoms with E-state index in [0.29, 0.717) is 6.61 Å². The molecule has 2 aromatic carbocycles. The summed E-state index contributed by atoms with van der Waals surface area (Å²) in [6, 6.07) is 14.3. The first-order chi connectivity index (χ1) is 8.28. The summed E-state index contributed by atoms with van der Waals surface area (Å²) in [6.07, 6.45) is 0. The maximum absolute atomic E-state index is 12.9. The first-order valence-electron chi connectivity index (χ1n) is 5.30. The average Bonchev–Trinajstić information content (AvgIpc) is 2.37. The molecule has 0 saturated heterocycles. The number of ether oxygens (including phenoxy) is 1. The van der Waals surface area contributed by atoms with E-state index in [1.807, 2.05) is 30.3 Å². The van der Waals surface area contributed by atoms with Gasteiger partial charge in [-0.15, -0.1) is 0 Å². The van der Waals surface area contributed by atoms with Crippen molar-refractivity contribution in [1.82, 2.24) is 0 Å². The van der Waals surface area contributed by atoms with Crippen molar-refractivity contribution >= 4 is 15.9 Å². The highest BCUT2D eigenvalue weighted by Crippen LogP contribution is 2.17. The molecule has 0 atom stereocenters. The molecule has 0 aliphatic rings. The molecule has 0 aliphatic carbocycles. The van der Waals surface area contributed by atoms with Crippen LogP contribution in [0.15, 0.2) is 48.5 Å². The van der Waals surface area contributed by atoms with Crippen molar-refractivity contribution in [3.8, 4) is 5.75 Å². The fraction of sp³-hybridized carbons (Fsp3) is 0.143. The van der Waals surface area contributed by atoms with Crippen LogP contribution in [0.25, 0.3) is 0 Å². The quantitative estimate of drug-likeness (QED) is 0.764. The van der Waals surface area contributed by atoms with Crippen LogP contribution in [0.3, 0.4) is 0 Å². The Labute approximate surface area is 108 Å². The lowest BCUT2D eigenvalue weighted by atomic mass is 10.2. The summed E-state index contributed by atoms with van der Waals surface area (Å²) in [5, 5.41) is 0.796. The van der Waals surface area contributed by atoms with E-state index >= 15 is 0 Å². The fourth-order valence-corrected chi connectivity index (χ4v) is 1.86. The van der Waals surface area contributed by atoms with Gasteiger partial charge in [-0.1, -0.05) is 40.2 Å². The van der Waals surface area contributed by atoms with Gasteiger partial charge in [-0.05, 0) is 35.4 Å². The Hall–Kier alpha value is -1.35. The molecule has 3 heteroatoms. The number of hydrogen-bond donors (Lipinski definition) is 0. The van der Waals surface area contributed by atoms with Gasteiger partial charge in [0.2, 0.25) is 0 Å². The molecule has 1 nitrogen and oxygen atoms in total. The molecule has 0 amide bonds. The summed E-state index contributed by atoms with van der Waals surface area (Å²) in [5.41, 5.74) is 1.98. The summed E-state index contributed by atoms with van der Waals surface area (Å²) in [4.78, 5) is 0. The van der Waals surface area contributed by atoms with E-state index in [9.17, 15) is 4.39 Å². The van der Waals surface area contributed by atoms with E-state index in [1.165, 1.54) is 12.1 Å². The molecule has 88 valence electrons. The smallest absolute Gasteiger partial charge is 0.123 e. The van der Waals surface area contributed by atoms with Gasteiger partial charge in [-0.3, -0.25) is 0 Å². The molecule has 0 N–H and O–H groups in total. The second-order valence-electron chi connectivity index (χ2n) is 3.70. The number of halogens is 2. The van der Waals surface area contributed by atoms with Crippen molar-refractivity contribution in [3.05, 3.63) is 65.5 Å². The van der Waals surface area contributed by atoms with Gasteiger partial charge in [0.25, 0.3) is 0 Å². The predicted octanol–water partition coefficient (Wildman–Crippen LogP) is 4.30. The minimum absolute atomic E-state index is 0.236. The Kier molecular flexibility index (Phi) is 4.15. The average molecular weight is 295 g/mol. The zero-order chi connectivity index (χ0) is 12.1. The second kappa shape index (κ2) is 5.82. The summed E-state index contributed by atoms with van der Waals surface area (Å²) >= 11 is 3.39. The van der Waals surface area contributed by atoms with Gasteiger partial charge >= 0.3 is 0 Å². The Morgan fingerprint density at radius 3 is 2.53 bits per heavy atom. The van der Waals surface area contributed by atoms with E-state index in [0.717, 1.165) is 22.2 Å². The molecule has 0 fully saturated rings. The van der Waals surface area contributed by atoms with Crippen molar-refractivity contribution in [2.75, 3.05) is 0 Å². The van der Waals surface area contributed by atoms with Gasteiger partial charge in [0.15, 0.2) is 0 Å². The van der Waals surface area contributed by atoms with Crippen LogP contribution >= 0.6 is 15.9 Å². The first-order valence-corrected chi connectivity index (χ1v) is 6.42. The van der Waals surface area contributed by atoms with Crippen LogP contribution in [0.5, 0.6) is 5.75 Å². The Morgan fingerprint density at radius 1 is 1.00 bits per heavy atom. The molecule has 2 rings (SSSR count). The van der Waals surface area contributed by atoms with Crippen LogP contribution in [0.1, 0.15) is 11.1 Å². The molecule has 0 radical (unpaired) electrons. The summed E-state index contributed by atoms with van der Waals surface area (Å²) < 4.78 is 18.6. The highest BCUT2D eigenvalue weighted by atomic mass is 79.9. The normalized spacial score (nSPS) is 10.2. The number of rotatable bonds is 4. The second-order valence-corrected chi connectivity index (χ2v) is 4.26. The molecule has 0 saturated carbocycles. The van der Waals surface area contributed by atoms with Crippen molar-refractivity contribution < 1.29 is 9.13 Å². The van der Waals surface area contributed by atoms with E-state index in [4.69, 9.17) is 4.74 Å². The van der Waals surface area contributed by atoms with Crippen molar-refractivity contribution in [2.24, 2.45) is 0 Å². The molecule has 0 unspecified atom stereocenters. The molecular weight excluding hydrogens is 283 g/mol. The third-order valence-corrected chi connectivity index (χ3v) is 2.99. The number of alkyl halides is 1. The highest BCUT2D eigenvalue weighted by molar-refractivity contribution is 9.08. The monoisotopic (exact) mass is 294 g/mol. The van der Waals surface area contributed by atoms with Crippen LogP contribution in [0.4, 0.5) is 4.39 Å². The van der Waals surface area contributed by atoms with Crippen LogP contribution in [-0.4, -0.2) is 0 Å². The fourth-order valence-electron chi connectivity index (χ4n) is 1.51. The van der Waals surface area contributed by atoms with Crippen molar-refractivity contribution in [1.29, 1.82) is 0 Å². The largest absolute Gasteiger partial charge is 0.489 e. The zero-order valence-corrected chi connectivity index (χ0v) is 10.8. The van der Waals surface area contributed by atoms with Crippen LogP contribution < -0.4 is 4.74 Å². The van der Waals surface area contributed by atoms with Gasteiger partial charge in [-0.2, -0.15) is 0 Å². The van der Waals surface area contributed by atoms with Crippen LogP contribution in [-0.2, 0) is 11.9 Å². The Morgan fingerprint density at radius 2 is 1.76 bits per heavy atom. The third kappa shape index (κ3) is 3.56. The first kappa shape index (κ1) is 12.1. The molecule has 0 bridgehead atoms. The minimum atomic E-state index is -0.236. The molecular formula is C14H12BrFO. The van der Waals surface area contributed by atoms with Crippen molar-refractivity contribution in [2.45, 2.75) is 11.9 Å². The lowest BCUT2D eigenvalue weighted by Crippen LogP contribution is -1.96. The van der Waals surface area contributed by atoms with E-state index in [2.05, 4.69) is 15.9 Å². The standard InChI is InChI=1S/C14H12BrFO/c15-9-11-3-2-6-14(8-11)17-10-12-4-1-5-13(16)7-12/h1-8H,9-10H2. The summed E-state index contributed by atoms with van der Waals surface area (Å²) in [7, 11) is 0. The maximum Gasteiger partial charge on any atom is 0.123 e. The third-order valence-electron chi connectivity index (χ3n) is 2.35. The SMILES string of the molecule is Fc1cccc(COc2cccc(CBr)c2)c1. The lowest BCUT2D eigenvalue weighted by molar-refractivity contribution is 0.305. The molecule has 0 heterocycles. The number of benzene rings is 2. The van der Waals surface area contributed by atoms with Crippen molar-refractivity contribution in [3.63, 3.8) is 0 Å². The number of hydrogen-bond acceptors (Lipinski definition) is 1. The van der Waals surface area contributed by atoms with Crippen LogP contribution in [0, 0.1) is 5.82 Å². The maximum atomic E-state index is 12.9. The Bertz CT molecular complexity index is 499. The molecule has 0 aromatic heterocycles. The Balaban J connectivity index is 2.02. The van der Waals surface area contributed by atoms with Crippen LogP contribution in [0.2, 0.25) is 0 Å². The molecule has 0 spiro atoms. The van der Waals surface area contributed by atoms with Gasteiger partial charge < -0.3 is 4.74 Å². The summed E-state index contributed by atoms with van der Waals surface area (Å²) in [5.74, 6) is 0.562. The molecule has 17 heavy (non-hydrogen) atoms. The molecule has 2 aromatic rings. The summed E-state index contributed by atoms with van der Waals surface area (Å²) in [6.45, 7) is 0.378. The van der Waals surface area contributed by atoms with Gasteiger partial charge in [0, 0.05) is 5.33 Å². The predicted molar refractivity (Wildman–Crippen MR) is 69.8 cm³/mol. The van der Waals surface area contributed by atoms with Gasteiger partial charge in [0.05, 0.1) is 0 Å². The minimum Gasteiger partial charge on any atom is -0.489 e. The van der Waals surface area contributed by atoms with Gasteiger partial charge in [-0.25, -0.2) is 4.39 Å². The zero-order valence-electron chi connectivity index (χ0n) is 9.20. The lowest BCUT2D eigenvalue weighted by Gasteiger charge is -2.07. The van der Waals surface area contributed by atoms with E-state index < -0.39 is 0 Å². The highest BCUT2D eigenvalue weighted by Gasteiger charge is 1.98. The van der Waals surface area contributed by atoms with E-state index in [-0.39, 0.29) is 5.82 Å². The topological polar surface area (TPSA) is 9.23 Å². The van der Waals surface area contributed by atoms with Gasteiger partial charge in [0.1, 0.15) is 18.2 Å².